The smallest absolute Gasteiger partial charge is 0.253 e. The van der Waals surface area contributed by atoms with Gasteiger partial charge >= 0.3 is 0 Å². The van der Waals surface area contributed by atoms with Crippen LogP contribution in [0.15, 0.2) is 23.1 Å². The molecule has 0 atom stereocenters. The van der Waals surface area contributed by atoms with Crippen molar-refractivity contribution < 1.29 is 17.9 Å². The molecule has 7 nitrogen and oxygen atoms in total. The summed E-state index contributed by atoms with van der Waals surface area (Å²) >= 11 is 0. The average molecular weight is 351 g/mol. The maximum atomic E-state index is 12.7. The van der Waals surface area contributed by atoms with Gasteiger partial charge in [-0.3, -0.25) is 4.79 Å². The molecular formula is C16H21N3O4S. The Morgan fingerprint density at radius 3 is 2.67 bits per heavy atom. The molecule has 1 aromatic carbocycles. The SMILES string of the molecule is Cc1ccc(S(=O)(=O)N2CCOCC2)cc1C(=O)N(C)CCC#N. The van der Waals surface area contributed by atoms with E-state index >= 15 is 0 Å². The van der Waals surface area contributed by atoms with Crippen molar-refractivity contribution >= 4 is 15.9 Å². The number of sulfonamides is 1. The fourth-order valence-electron chi connectivity index (χ4n) is 2.45. The predicted octanol–water partition coefficient (Wildman–Crippen LogP) is 1.00. The Bertz CT molecular complexity index is 749. The van der Waals surface area contributed by atoms with Crippen LogP contribution in [0.4, 0.5) is 0 Å². The van der Waals surface area contributed by atoms with Crippen LogP contribution in [0, 0.1) is 18.3 Å². The summed E-state index contributed by atoms with van der Waals surface area (Å²) in [5.74, 6) is -0.290. The number of morpholine rings is 1. The lowest BCUT2D eigenvalue weighted by Gasteiger charge is -2.26. The fourth-order valence-corrected chi connectivity index (χ4v) is 3.89. The first-order valence-corrected chi connectivity index (χ1v) is 9.13. The zero-order valence-electron chi connectivity index (χ0n) is 13.9. The summed E-state index contributed by atoms with van der Waals surface area (Å²) in [6.07, 6.45) is 0.229. The number of amides is 1. The van der Waals surface area contributed by atoms with Crippen molar-refractivity contribution in [1.29, 1.82) is 5.26 Å². The van der Waals surface area contributed by atoms with E-state index in [1.54, 1.807) is 20.0 Å². The van der Waals surface area contributed by atoms with Crippen molar-refractivity contribution in [3.63, 3.8) is 0 Å². The third kappa shape index (κ3) is 3.93. The van der Waals surface area contributed by atoms with Crippen molar-refractivity contribution in [2.24, 2.45) is 0 Å². The molecule has 1 aromatic rings. The Hall–Kier alpha value is -1.95. The van der Waals surface area contributed by atoms with Crippen LogP contribution >= 0.6 is 0 Å². The van der Waals surface area contributed by atoms with E-state index in [0.29, 0.717) is 44.0 Å². The van der Waals surface area contributed by atoms with Crippen LogP contribution in [0.1, 0.15) is 22.3 Å². The third-order valence-corrected chi connectivity index (χ3v) is 5.85. The number of hydrogen-bond donors (Lipinski definition) is 0. The molecule has 130 valence electrons. The number of ether oxygens (including phenoxy) is 1. The number of nitrogens with zero attached hydrogens (tertiary/aromatic N) is 3. The molecule has 24 heavy (non-hydrogen) atoms. The van der Waals surface area contributed by atoms with Gasteiger partial charge in [0, 0.05) is 32.2 Å². The molecule has 0 N–H and O–H groups in total. The van der Waals surface area contributed by atoms with E-state index in [1.807, 2.05) is 6.07 Å². The minimum absolute atomic E-state index is 0.104. The van der Waals surface area contributed by atoms with Crippen LogP contribution < -0.4 is 0 Å². The van der Waals surface area contributed by atoms with Gasteiger partial charge in [-0.05, 0) is 24.6 Å². The summed E-state index contributed by atoms with van der Waals surface area (Å²) in [5.41, 5.74) is 1.04. The zero-order chi connectivity index (χ0) is 17.7. The van der Waals surface area contributed by atoms with E-state index in [0.717, 1.165) is 0 Å². The predicted molar refractivity (Wildman–Crippen MR) is 87.9 cm³/mol. The molecular weight excluding hydrogens is 330 g/mol. The molecule has 0 radical (unpaired) electrons. The van der Waals surface area contributed by atoms with Crippen molar-refractivity contribution in [3.05, 3.63) is 29.3 Å². The Balaban J connectivity index is 2.31. The van der Waals surface area contributed by atoms with Crippen LogP contribution in [0.2, 0.25) is 0 Å². The number of benzene rings is 1. The van der Waals surface area contributed by atoms with Crippen molar-refractivity contribution in [3.8, 4) is 6.07 Å². The van der Waals surface area contributed by atoms with E-state index in [2.05, 4.69) is 0 Å². The molecule has 1 heterocycles. The standard InChI is InChI=1S/C16H21N3O4S/c1-13-4-5-14(24(21,22)19-8-10-23-11-9-19)12-15(13)16(20)18(2)7-3-6-17/h4-5,12H,3,7-11H2,1-2H3. The van der Waals surface area contributed by atoms with Crippen LogP contribution in [0.3, 0.4) is 0 Å². The van der Waals surface area contributed by atoms with E-state index < -0.39 is 10.0 Å². The maximum absolute atomic E-state index is 12.7. The highest BCUT2D eigenvalue weighted by molar-refractivity contribution is 7.89. The highest BCUT2D eigenvalue weighted by Crippen LogP contribution is 2.21. The lowest BCUT2D eigenvalue weighted by atomic mass is 10.1. The van der Waals surface area contributed by atoms with Gasteiger partial charge < -0.3 is 9.64 Å². The second-order valence-corrected chi connectivity index (χ2v) is 7.57. The molecule has 1 amide bonds. The van der Waals surface area contributed by atoms with E-state index in [-0.39, 0.29) is 17.2 Å². The van der Waals surface area contributed by atoms with Crippen molar-refractivity contribution in [2.45, 2.75) is 18.2 Å². The summed E-state index contributed by atoms with van der Waals surface area (Å²) < 4.78 is 32.0. The normalized spacial score (nSPS) is 15.7. The van der Waals surface area contributed by atoms with Crippen LogP contribution in [0.25, 0.3) is 0 Å². The summed E-state index contributed by atoms with van der Waals surface area (Å²) in [4.78, 5) is 14.0. The van der Waals surface area contributed by atoms with Gasteiger partial charge in [0.2, 0.25) is 10.0 Å². The third-order valence-electron chi connectivity index (χ3n) is 3.95. The second kappa shape index (κ2) is 7.75. The minimum atomic E-state index is -3.65. The van der Waals surface area contributed by atoms with Gasteiger partial charge in [-0.15, -0.1) is 0 Å². The lowest BCUT2D eigenvalue weighted by Crippen LogP contribution is -2.40. The minimum Gasteiger partial charge on any atom is -0.379 e. The van der Waals surface area contributed by atoms with E-state index in [4.69, 9.17) is 10.00 Å². The van der Waals surface area contributed by atoms with Gasteiger partial charge in [-0.2, -0.15) is 9.57 Å². The first-order valence-electron chi connectivity index (χ1n) is 7.69. The lowest BCUT2D eigenvalue weighted by molar-refractivity contribution is 0.0730. The van der Waals surface area contributed by atoms with E-state index in [9.17, 15) is 13.2 Å². The topological polar surface area (TPSA) is 90.7 Å². The van der Waals surface area contributed by atoms with Gasteiger partial charge in [0.05, 0.1) is 30.6 Å². The Morgan fingerprint density at radius 2 is 2.04 bits per heavy atom. The molecule has 1 aliphatic rings. The van der Waals surface area contributed by atoms with Gasteiger partial charge in [0.25, 0.3) is 5.91 Å². The first kappa shape index (κ1) is 18.4. The fraction of sp³-hybridized carbons (Fsp3) is 0.500. The molecule has 0 bridgehead atoms. The summed E-state index contributed by atoms with van der Waals surface area (Å²) in [6, 6.07) is 6.57. The Morgan fingerprint density at radius 1 is 1.38 bits per heavy atom. The van der Waals surface area contributed by atoms with Crippen molar-refractivity contribution in [1.82, 2.24) is 9.21 Å². The number of rotatable bonds is 5. The molecule has 0 aliphatic carbocycles. The molecule has 1 saturated heterocycles. The largest absolute Gasteiger partial charge is 0.379 e. The van der Waals surface area contributed by atoms with Crippen molar-refractivity contribution in [2.75, 3.05) is 39.9 Å². The van der Waals surface area contributed by atoms with Gasteiger partial charge in [-0.1, -0.05) is 6.07 Å². The molecule has 2 rings (SSSR count). The first-order chi connectivity index (χ1) is 11.4. The summed E-state index contributed by atoms with van der Waals surface area (Å²) in [5, 5.41) is 8.63. The molecule has 1 fully saturated rings. The average Bonchev–Trinajstić information content (AvgIpc) is 2.60. The zero-order valence-corrected chi connectivity index (χ0v) is 14.7. The van der Waals surface area contributed by atoms with Crippen LogP contribution in [0.5, 0.6) is 0 Å². The molecule has 8 heteroatoms. The highest BCUT2D eigenvalue weighted by atomic mass is 32.2. The van der Waals surface area contributed by atoms with Crippen LogP contribution in [-0.4, -0.2) is 63.4 Å². The molecule has 0 spiro atoms. The molecule has 0 aromatic heterocycles. The summed E-state index contributed by atoms with van der Waals surface area (Å²) in [7, 11) is -2.05. The monoisotopic (exact) mass is 351 g/mol. The number of hydrogen-bond acceptors (Lipinski definition) is 5. The quantitative estimate of drug-likeness (QED) is 0.789. The van der Waals surface area contributed by atoms with Crippen LogP contribution in [-0.2, 0) is 14.8 Å². The maximum Gasteiger partial charge on any atom is 0.253 e. The molecule has 0 saturated carbocycles. The van der Waals surface area contributed by atoms with Gasteiger partial charge in [-0.25, -0.2) is 8.42 Å². The molecule has 0 unspecified atom stereocenters. The number of nitriles is 1. The number of aryl methyl sites for hydroxylation is 1. The number of carbonyl (C=O) groups excluding carboxylic acids is 1. The highest BCUT2D eigenvalue weighted by Gasteiger charge is 2.27. The van der Waals surface area contributed by atoms with Gasteiger partial charge in [0.15, 0.2) is 0 Å². The van der Waals surface area contributed by atoms with E-state index in [1.165, 1.54) is 21.3 Å². The second-order valence-electron chi connectivity index (χ2n) is 5.63. The van der Waals surface area contributed by atoms with Gasteiger partial charge in [0.1, 0.15) is 0 Å². The summed E-state index contributed by atoms with van der Waals surface area (Å²) in [6.45, 7) is 3.41. The number of carbonyl (C=O) groups is 1. The Labute approximate surface area is 142 Å². The Kier molecular flexibility index (Phi) is 5.94. The molecule has 1 aliphatic heterocycles.